The van der Waals surface area contributed by atoms with Crippen LogP contribution in [0.3, 0.4) is 0 Å². The van der Waals surface area contributed by atoms with Crippen LogP contribution >= 0.6 is 0 Å². The van der Waals surface area contributed by atoms with Crippen LogP contribution in [0.15, 0.2) is 6.07 Å². The molecule has 0 radical (unpaired) electrons. The number of ether oxygens (including phenoxy) is 1. The fourth-order valence-corrected chi connectivity index (χ4v) is 2.90. The summed E-state index contributed by atoms with van der Waals surface area (Å²) in [4.78, 5) is 0. The second kappa shape index (κ2) is 7.06. The molecule has 0 aliphatic carbocycles. The Kier molecular flexibility index (Phi) is 5.40. The highest BCUT2D eigenvalue weighted by Crippen LogP contribution is 2.20. The smallest absolute Gasteiger partial charge is 0.0596 e. The van der Waals surface area contributed by atoms with Gasteiger partial charge >= 0.3 is 0 Å². The van der Waals surface area contributed by atoms with E-state index >= 15 is 0 Å². The minimum absolute atomic E-state index is 0.509. The third kappa shape index (κ3) is 4.05. The van der Waals surface area contributed by atoms with Crippen molar-refractivity contribution in [3.8, 4) is 0 Å². The Morgan fingerprint density at radius 2 is 2.42 bits per heavy atom. The van der Waals surface area contributed by atoms with Crippen LogP contribution in [0.4, 0.5) is 0 Å². The number of hydrogen-bond donors (Lipinski definition) is 1. The molecule has 2 rings (SSSR count). The quantitative estimate of drug-likeness (QED) is 0.856. The van der Waals surface area contributed by atoms with Gasteiger partial charge in [0, 0.05) is 31.8 Å². The van der Waals surface area contributed by atoms with E-state index in [1.807, 2.05) is 11.7 Å². The van der Waals surface area contributed by atoms with E-state index in [9.17, 15) is 0 Å². The van der Waals surface area contributed by atoms with Crippen molar-refractivity contribution in [3.05, 3.63) is 17.5 Å². The van der Waals surface area contributed by atoms with Gasteiger partial charge in [0.05, 0.1) is 12.3 Å². The number of aryl methyl sites for hydroxylation is 2. The van der Waals surface area contributed by atoms with Gasteiger partial charge in [-0.1, -0.05) is 6.92 Å². The van der Waals surface area contributed by atoms with E-state index < -0.39 is 0 Å². The lowest BCUT2D eigenvalue weighted by Gasteiger charge is -2.31. The topological polar surface area (TPSA) is 39.1 Å². The summed E-state index contributed by atoms with van der Waals surface area (Å²) in [6.45, 7) is 7.19. The average Bonchev–Trinajstić information content (AvgIpc) is 2.73. The van der Waals surface area contributed by atoms with E-state index in [4.69, 9.17) is 4.74 Å². The molecule has 1 aliphatic rings. The average molecular weight is 265 g/mol. The lowest BCUT2D eigenvalue weighted by Crippen LogP contribution is -2.42. The Morgan fingerprint density at radius 3 is 3.00 bits per heavy atom. The summed E-state index contributed by atoms with van der Waals surface area (Å²) in [5.41, 5.74) is 2.42. The Labute approximate surface area is 116 Å². The molecule has 4 heteroatoms. The lowest BCUT2D eigenvalue weighted by molar-refractivity contribution is 0.0391. The van der Waals surface area contributed by atoms with E-state index in [2.05, 4.69) is 30.3 Å². The van der Waals surface area contributed by atoms with Crippen molar-refractivity contribution >= 4 is 0 Å². The standard InChI is InChI=1S/C15H27N3O/c1-4-7-16-15(13-6-5-8-19-11-13)10-14-9-12(2)17-18(14)3/h9,13,15-16H,4-8,10-11H2,1-3H3. The van der Waals surface area contributed by atoms with Gasteiger partial charge in [-0.3, -0.25) is 4.68 Å². The first-order chi connectivity index (χ1) is 9.20. The molecule has 0 bridgehead atoms. The lowest BCUT2D eigenvalue weighted by atomic mass is 9.90. The van der Waals surface area contributed by atoms with Crippen molar-refractivity contribution < 1.29 is 4.74 Å². The molecule has 1 N–H and O–H groups in total. The van der Waals surface area contributed by atoms with Gasteiger partial charge in [0.2, 0.25) is 0 Å². The van der Waals surface area contributed by atoms with Crippen LogP contribution in [0.2, 0.25) is 0 Å². The SMILES string of the molecule is CCCNC(Cc1cc(C)nn1C)C1CCCOC1. The molecule has 1 saturated heterocycles. The molecule has 1 aromatic rings. The van der Waals surface area contributed by atoms with Gasteiger partial charge in [0.1, 0.15) is 0 Å². The highest BCUT2D eigenvalue weighted by atomic mass is 16.5. The summed E-state index contributed by atoms with van der Waals surface area (Å²) >= 11 is 0. The number of nitrogens with one attached hydrogen (secondary N) is 1. The first kappa shape index (κ1) is 14.5. The number of rotatable bonds is 6. The van der Waals surface area contributed by atoms with E-state index in [1.54, 1.807) is 0 Å². The number of hydrogen-bond acceptors (Lipinski definition) is 3. The van der Waals surface area contributed by atoms with Gasteiger partial charge in [0.15, 0.2) is 0 Å². The summed E-state index contributed by atoms with van der Waals surface area (Å²) in [5.74, 6) is 0.635. The summed E-state index contributed by atoms with van der Waals surface area (Å²) in [6, 6.07) is 2.71. The van der Waals surface area contributed by atoms with Crippen LogP contribution in [-0.2, 0) is 18.2 Å². The summed E-state index contributed by atoms with van der Waals surface area (Å²) in [5, 5.41) is 8.15. The van der Waals surface area contributed by atoms with Crippen LogP contribution in [-0.4, -0.2) is 35.6 Å². The molecule has 0 aromatic carbocycles. The summed E-state index contributed by atoms with van der Waals surface area (Å²) < 4.78 is 7.67. The molecule has 0 saturated carbocycles. The van der Waals surface area contributed by atoms with Crippen molar-refractivity contribution in [3.63, 3.8) is 0 Å². The second-order valence-corrected chi connectivity index (χ2v) is 5.64. The van der Waals surface area contributed by atoms with Gasteiger partial charge in [-0.05, 0) is 44.7 Å². The van der Waals surface area contributed by atoms with Gasteiger partial charge in [-0.2, -0.15) is 5.10 Å². The first-order valence-electron chi connectivity index (χ1n) is 7.51. The Hall–Kier alpha value is -0.870. The molecule has 2 atom stereocenters. The second-order valence-electron chi connectivity index (χ2n) is 5.64. The zero-order valence-corrected chi connectivity index (χ0v) is 12.5. The van der Waals surface area contributed by atoms with Crippen LogP contribution in [0.5, 0.6) is 0 Å². The van der Waals surface area contributed by atoms with Crippen molar-refractivity contribution in [1.29, 1.82) is 0 Å². The highest BCUT2D eigenvalue weighted by molar-refractivity contribution is 5.10. The molecule has 0 amide bonds. The first-order valence-corrected chi connectivity index (χ1v) is 7.51. The summed E-state index contributed by atoms with van der Waals surface area (Å²) in [6.07, 6.45) is 4.69. The highest BCUT2D eigenvalue weighted by Gasteiger charge is 2.24. The van der Waals surface area contributed by atoms with Crippen LogP contribution in [0, 0.1) is 12.8 Å². The van der Waals surface area contributed by atoms with Crippen LogP contribution in [0.1, 0.15) is 37.6 Å². The minimum atomic E-state index is 0.509. The Morgan fingerprint density at radius 1 is 1.58 bits per heavy atom. The van der Waals surface area contributed by atoms with E-state index in [0.717, 1.165) is 31.9 Å². The minimum Gasteiger partial charge on any atom is -0.381 e. The molecular formula is C15H27N3O. The van der Waals surface area contributed by atoms with E-state index in [0.29, 0.717) is 12.0 Å². The van der Waals surface area contributed by atoms with Crippen LogP contribution in [0.25, 0.3) is 0 Å². The van der Waals surface area contributed by atoms with Crippen molar-refractivity contribution in [2.75, 3.05) is 19.8 Å². The van der Waals surface area contributed by atoms with E-state index in [-0.39, 0.29) is 0 Å². The third-order valence-electron chi connectivity index (χ3n) is 3.95. The molecule has 19 heavy (non-hydrogen) atoms. The Balaban J connectivity index is 2.01. The van der Waals surface area contributed by atoms with E-state index in [1.165, 1.54) is 25.0 Å². The molecule has 1 aromatic heterocycles. The molecular weight excluding hydrogens is 238 g/mol. The zero-order valence-electron chi connectivity index (χ0n) is 12.5. The van der Waals surface area contributed by atoms with Gasteiger partial charge < -0.3 is 10.1 Å². The van der Waals surface area contributed by atoms with Crippen LogP contribution < -0.4 is 5.32 Å². The van der Waals surface area contributed by atoms with Gasteiger partial charge in [-0.15, -0.1) is 0 Å². The predicted octanol–water partition coefficient (Wildman–Crippen LogP) is 2.07. The normalized spacial score (nSPS) is 21.5. The molecule has 1 fully saturated rings. The third-order valence-corrected chi connectivity index (χ3v) is 3.95. The fourth-order valence-electron chi connectivity index (χ4n) is 2.90. The molecule has 0 spiro atoms. The molecule has 2 heterocycles. The maximum atomic E-state index is 5.65. The van der Waals surface area contributed by atoms with Gasteiger partial charge in [-0.25, -0.2) is 0 Å². The molecule has 2 unspecified atom stereocenters. The Bertz CT molecular complexity index is 383. The maximum absolute atomic E-state index is 5.65. The summed E-state index contributed by atoms with van der Waals surface area (Å²) in [7, 11) is 2.04. The zero-order chi connectivity index (χ0) is 13.7. The molecule has 4 nitrogen and oxygen atoms in total. The number of nitrogens with zero attached hydrogens (tertiary/aromatic N) is 2. The molecule has 108 valence electrons. The molecule has 1 aliphatic heterocycles. The maximum Gasteiger partial charge on any atom is 0.0596 e. The van der Waals surface area contributed by atoms with Crippen molar-refractivity contribution in [2.24, 2.45) is 13.0 Å². The predicted molar refractivity (Wildman–Crippen MR) is 77.3 cm³/mol. The van der Waals surface area contributed by atoms with Gasteiger partial charge in [0.25, 0.3) is 0 Å². The monoisotopic (exact) mass is 265 g/mol. The fraction of sp³-hybridized carbons (Fsp3) is 0.800. The van der Waals surface area contributed by atoms with Crippen molar-refractivity contribution in [1.82, 2.24) is 15.1 Å². The number of aromatic nitrogens is 2. The van der Waals surface area contributed by atoms with Crippen molar-refractivity contribution in [2.45, 2.75) is 45.6 Å². The largest absolute Gasteiger partial charge is 0.381 e.